The van der Waals surface area contributed by atoms with Crippen LogP contribution < -0.4 is 5.32 Å². The van der Waals surface area contributed by atoms with Crippen molar-refractivity contribution in [1.82, 2.24) is 4.98 Å². The van der Waals surface area contributed by atoms with Crippen LogP contribution in [0.15, 0.2) is 23.6 Å². The fourth-order valence-electron chi connectivity index (χ4n) is 1.45. The van der Waals surface area contributed by atoms with Gasteiger partial charge in [0.2, 0.25) is 0 Å². The largest absolute Gasteiger partial charge is 0.481 e. The predicted octanol–water partition coefficient (Wildman–Crippen LogP) is 3.08. The molecule has 1 heterocycles. The normalized spacial score (nSPS) is 10.2. The Morgan fingerprint density at radius 1 is 1.55 bits per heavy atom. The highest BCUT2D eigenvalue weighted by Crippen LogP contribution is 2.29. The van der Waals surface area contributed by atoms with Crippen molar-refractivity contribution in [2.75, 3.05) is 5.32 Å². The van der Waals surface area contributed by atoms with E-state index in [0.717, 1.165) is 0 Å². The summed E-state index contributed by atoms with van der Waals surface area (Å²) in [6.07, 6.45) is -0.168. The minimum Gasteiger partial charge on any atom is -0.481 e. The van der Waals surface area contributed by atoms with Crippen LogP contribution in [0.1, 0.15) is 5.69 Å². The van der Waals surface area contributed by atoms with Gasteiger partial charge in [-0.3, -0.25) is 14.9 Å². The molecule has 9 heteroatoms. The smallest absolute Gasteiger partial charge is 0.309 e. The monoisotopic (exact) mass is 313 g/mol. The second-order valence-corrected chi connectivity index (χ2v) is 5.03. The van der Waals surface area contributed by atoms with Crippen molar-refractivity contribution in [3.8, 4) is 0 Å². The number of halogens is 1. The van der Waals surface area contributed by atoms with Gasteiger partial charge in [-0.2, -0.15) is 0 Å². The standard InChI is InChI=1S/C11H8ClN3O4S/c12-8-2-1-6(3-9(8)15(18)19)13-11-14-7(5-20-11)4-10(16)17/h1-3,5H,4H2,(H,13,14)(H,16,17). The lowest BCUT2D eigenvalue weighted by Gasteiger charge is -2.03. The van der Waals surface area contributed by atoms with Crippen molar-refractivity contribution >= 4 is 45.4 Å². The third-order valence-corrected chi connectivity index (χ3v) is 3.40. The Balaban J connectivity index is 2.17. The van der Waals surface area contributed by atoms with E-state index < -0.39 is 10.9 Å². The molecule has 0 bridgehead atoms. The van der Waals surface area contributed by atoms with Gasteiger partial charge in [0.05, 0.1) is 17.0 Å². The van der Waals surface area contributed by atoms with Crippen molar-refractivity contribution in [2.45, 2.75) is 6.42 Å². The quantitative estimate of drug-likeness (QED) is 0.649. The van der Waals surface area contributed by atoms with E-state index in [1.54, 1.807) is 11.4 Å². The highest BCUT2D eigenvalue weighted by atomic mass is 35.5. The predicted molar refractivity (Wildman–Crippen MR) is 74.8 cm³/mol. The first-order chi connectivity index (χ1) is 9.45. The number of aliphatic carboxylic acids is 1. The van der Waals surface area contributed by atoms with E-state index in [4.69, 9.17) is 16.7 Å². The maximum absolute atomic E-state index is 10.8. The van der Waals surface area contributed by atoms with Crippen LogP contribution in [0.5, 0.6) is 0 Å². The number of nitrogens with zero attached hydrogens (tertiary/aromatic N) is 2. The third kappa shape index (κ3) is 3.43. The average Bonchev–Trinajstić information content (AvgIpc) is 2.77. The summed E-state index contributed by atoms with van der Waals surface area (Å²) in [6, 6.07) is 4.28. The van der Waals surface area contributed by atoms with Crippen LogP contribution in [-0.2, 0) is 11.2 Å². The van der Waals surface area contributed by atoms with Crippen molar-refractivity contribution in [3.05, 3.63) is 44.4 Å². The van der Waals surface area contributed by atoms with E-state index in [1.165, 1.54) is 23.5 Å². The first-order valence-electron chi connectivity index (χ1n) is 5.33. The molecule has 1 aromatic heterocycles. The fraction of sp³-hybridized carbons (Fsp3) is 0.0909. The number of hydrogen-bond donors (Lipinski definition) is 2. The first kappa shape index (κ1) is 14.2. The van der Waals surface area contributed by atoms with Gasteiger partial charge in [-0.15, -0.1) is 11.3 Å². The van der Waals surface area contributed by atoms with Crippen LogP contribution >= 0.6 is 22.9 Å². The summed E-state index contributed by atoms with van der Waals surface area (Å²) in [6.45, 7) is 0. The van der Waals surface area contributed by atoms with E-state index in [0.29, 0.717) is 16.5 Å². The summed E-state index contributed by atoms with van der Waals surface area (Å²) < 4.78 is 0. The minimum atomic E-state index is -0.969. The number of nitrogens with one attached hydrogen (secondary N) is 1. The van der Waals surface area contributed by atoms with E-state index in [2.05, 4.69) is 10.3 Å². The topological polar surface area (TPSA) is 105 Å². The molecule has 0 aliphatic heterocycles. The molecule has 20 heavy (non-hydrogen) atoms. The molecule has 0 saturated heterocycles. The lowest BCUT2D eigenvalue weighted by molar-refractivity contribution is -0.384. The van der Waals surface area contributed by atoms with Gasteiger partial charge < -0.3 is 10.4 Å². The number of nitro groups is 1. The van der Waals surface area contributed by atoms with Crippen LogP contribution in [0.25, 0.3) is 0 Å². The number of carboxylic acids is 1. The number of carboxylic acid groups (broad SMARTS) is 1. The third-order valence-electron chi connectivity index (χ3n) is 2.28. The van der Waals surface area contributed by atoms with E-state index in [-0.39, 0.29) is 17.1 Å². The van der Waals surface area contributed by atoms with E-state index in [9.17, 15) is 14.9 Å². The first-order valence-corrected chi connectivity index (χ1v) is 6.58. The van der Waals surface area contributed by atoms with Crippen LogP contribution in [0.4, 0.5) is 16.5 Å². The Bertz CT molecular complexity index is 673. The molecule has 0 aliphatic carbocycles. The van der Waals surface area contributed by atoms with E-state index in [1.807, 2.05) is 0 Å². The molecule has 2 rings (SSSR count). The number of anilines is 2. The molecule has 0 unspecified atom stereocenters. The number of nitro benzene ring substituents is 1. The zero-order chi connectivity index (χ0) is 14.7. The molecule has 2 N–H and O–H groups in total. The Kier molecular flexibility index (Phi) is 4.16. The SMILES string of the molecule is O=C(O)Cc1csc(Nc2ccc(Cl)c([N+](=O)[O-])c2)n1. The number of thiazole rings is 1. The number of hydrogen-bond acceptors (Lipinski definition) is 6. The molecule has 0 aliphatic rings. The van der Waals surface area contributed by atoms with Crippen LogP contribution in [-0.4, -0.2) is 21.0 Å². The number of aromatic nitrogens is 1. The van der Waals surface area contributed by atoms with Crippen molar-refractivity contribution < 1.29 is 14.8 Å². The Labute approximate surface area is 122 Å². The van der Waals surface area contributed by atoms with Crippen molar-refractivity contribution in [1.29, 1.82) is 0 Å². The molecule has 0 fully saturated rings. The molecule has 0 radical (unpaired) electrons. The molecule has 0 spiro atoms. The van der Waals surface area contributed by atoms with Crippen molar-refractivity contribution in [2.24, 2.45) is 0 Å². The number of carbonyl (C=O) groups is 1. The zero-order valence-corrected chi connectivity index (χ0v) is 11.4. The summed E-state index contributed by atoms with van der Waals surface area (Å²) in [5, 5.41) is 24.4. The molecule has 0 saturated carbocycles. The second-order valence-electron chi connectivity index (χ2n) is 3.76. The molecular formula is C11H8ClN3O4S. The van der Waals surface area contributed by atoms with Gasteiger partial charge in [0.1, 0.15) is 5.02 Å². The zero-order valence-electron chi connectivity index (χ0n) is 9.87. The highest BCUT2D eigenvalue weighted by molar-refractivity contribution is 7.13. The van der Waals surface area contributed by atoms with Gasteiger partial charge in [0.15, 0.2) is 5.13 Å². The minimum absolute atomic E-state index is 0.0475. The van der Waals surface area contributed by atoms with E-state index >= 15 is 0 Å². The summed E-state index contributed by atoms with van der Waals surface area (Å²) in [4.78, 5) is 24.8. The highest BCUT2D eigenvalue weighted by Gasteiger charge is 2.13. The maximum Gasteiger partial charge on any atom is 0.309 e. The lowest BCUT2D eigenvalue weighted by Crippen LogP contribution is -2.00. The van der Waals surface area contributed by atoms with Crippen molar-refractivity contribution in [3.63, 3.8) is 0 Å². The summed E-state index contributed by atoms with van der Waals surface area (Å²) >= 11 is 6.92. The average molecular weight is 314 g/mol. The summed E-state index contributed by atoms with van der Waals surface area (Å²) in [5.41, 5.74) is 0.671. The van der Waals surface area contributed by atoms with Crippen LogP contribution in [0, 0.1) is 10.1 Å². The summed E-state index contributed by atoms with van der Waals surface area (Å²) in [7, 11) is 0. The lowest BCUT2D eigenvalue weighted by atomic mass is 10.3. The molecule has 0 amide bonds. The van der Waals surface area contributed by atoms with Gasteiger partial charge in [-0.05, 0) is 12.1 Å². The molecule has 1 aromatic carbocycles. The Morgan fingerprint density at radius 2 is 2.30 bits per heavy atom. The maximum atomic E-state index is 10.8. The van der Waals surface area contributed by atoms with Crippen LogP contribution in [0.2, 0.25) is 5.02 Å². The number of benzene rings is 1. The molecule has 104 valence electrons. The summed E-state index contributed by atoms with van der Waals surface area (Å²) in [5.74, 6) is -0.969. The van der Waals surface area contributed by atoms with Gasteiger partial charge >= 0.3 is 5.97 Å². The van der Waals surface area contributed by atoms with Crippen LogP contribution in [0.3, 0.4) is 0 Å². The van der Waals surface area contributed by atoms with Gasteiger partial charge in [-0.1, -0.05) is 11.6 Å². The second kappa shape index (κ2) is 5.85. The van der Waals surface area contributed by atoms with Gasteiger partial charge in [0, 0.05) is 17.1 Å². The number of rotatable bonds is 5. The Morgan fingerprint density at radius 3 is 2.95 bits per heavy atom. The van der Waals surface area contributed by atoms with Gasteiger partial charge in [-0.25, -0.2) is 4.98 Å². The molecule has 7 nitrogen and oxygen atoms in total. The fourth-order valence-corrected chi connectivity index (χ4v) is 2.37. The molecular weight excluding hydrogens is 306 g/mol. The Hall–Kier alpha value is -2.19. The molecule has 2 aromatic rings. The van der Waals surface area contributed by atoms with Gasteiger partial charge in [0.25, 0.3) is 5.69 Å². The molecule has 0 atom stereocenters.